The van der Waals surface area contributed by atoms with Gasteiger partial charge in [0.1, 0.15) is 0 Å². The molecule has 3 nitrogen and oxygen atoms in total. The van der Waals surface area contributed by atoms with Crippen LogP contribution in [0.2, 0.25) is 0 Å². The van der Waals surface area contributed by atoms with Crippen LogP contribution in [-0.2, 0) is 17.8 Å². The van der Waals surface area contributed by atoms with Crippen molar-refractivity contribution in [2.45, 2.75) is 39.3 Å². The van der Waals surface area contributed by atoms with Gasteiger partial charge in [-0.25, -0.2) is 0 Å². The standard InChI is InChI=1S/C21H26N2O/c1-17(2)23(15-18-9-4-3-5-10-18)21(24)16-22-14-8-12-19-11-6-7-13-20(19)22/h3-7,9-11,13,17H,8,12,14-16H2,1-2H3. The van der Waals surface area contributed by atoms with Crippen LogP contribution in [-0.4, -0.2) is 29.9 Å². The smallest absolute Gasteiger partial charge is 0.242 e. The Labute approximate surface area is 144 Å². The average molecular weight is 322 g/mol. The number of amides is 1. The molecule has 2 aromatic carbocycles. The van der Waals surface area contributed by atoms with E-state index in [1.165, 1.54) is 16.8 Å². The van der Waals surface area contributed by atoms with E-state index in [0.29, 0.717) is 13.1 Å². The Bertz CT molecular complexity index is 681. The van der Waals surface area contributed by atoms with Crippen molar-refractivity contribution >= 4 is 11.6 Å². The van der Waals surface area contributed by atoms with E-state index in [1.807, 2.05) is 23.1 Å². The predicted octanol–water partition coefficient (Wildman–Crippen LogP) is 3.88. The Morgan fingerprint density at radius 1 is 1.08 bits per heavy atom. The normalized spacial score (nSPS) is 13.7. The summed E-state index contributed by atoms with van der Waals surface area (Å²) in [5.74, 6) is 0.200. The van der Waals surface area contributed by atoms with Gasteiger partial charge in [0.25, 0.3) is 0 Å². The first-order chi connectivity index (χ1) is 11.6. The molecule has 0 N–H and O–H groups in total. The summed E-state index contributed by atoms with van der Waals surface area (Å²) in [5, 5.41) is 0. The number of carbonyl (C=O) groups excluding carboxylic acids is 1. The summed E-state index contributed by atoms with van der Waals surface area (Å²) in [6, 6.07) is 18.9. The molecule has 0 fully saturated rings. The number of nitrogens with zero attached hydrogens (tertiary/aromatic N) is 2. The summed E-state index contributed by atoms with van der Waals surface area (Å²) in [6.45, 7) is 6.27. The number of hydrogen-bond acceptors (Lipinski definition) is 2. The summed E-state index contributed by atoms with van der Waals surface area (Å²) in [5.41, 5.74) is 3.76. The number of para-hydroxylation sites is 1. The molecule has 126 valence electrons. The van der Waals surface area contributed by atoms with Crippen molar-refractivity contribution in [3.05, 3.63) is 65.7 Å². The van der Waals surface area contributed by atoms with Gasteiger partial charge < -0.3 is 9.80 Å². The molecular formula is C21H26N2O. The Balaban J connectivity index is 1.73. The molecule has 0 unspecified atom stereocenters. The van der Waals surface area contributed by atoms with Gasteiger partial charge in [-0.05, 0) is 43.9 Å². The molecule has 0 saturated carbocycles. The minimum Gasteiger partial charge on any atom is -0.362 e. The molecule has 0 saturated heterocycles. The van der Waals surface area contributed by atoms with Crippen molar-refractivity contribution in [2.75, 3.05) is 18.0 Å². The zero-order valence-corrected chi connectivity index (χ0v) is 14.6. The highest BCUT2D eigenvalue weighted by Gasteiger charge is 2.23. The Morgan fingerprint density at radius 3 is 2.54 bits per heavy atom. The van der Waals surface area contributed by atoms with Gasteiger partial charge >= 0.3 is 0 Å². The van der Waals surface area contributed by atoms with Crippen LogP contribution in [0.1, 0.15) is 31.4 Å². The van der Waals surface area contributed by atoms with E-state index in [1.54, 1.807) is 0 Å². The molecule has 1 heterocycles. The molecule has 3 heteroatoms. The fraction of sp³-hybridized carbons (Fsp3) is 0.381. The van der Waals surface area contributed by atoms with Crippen LogP contribution in [0.5, 0.6) is 0 Å². The molecule has 1 aliphatic rings. The van der Waals surface area contributed by atoms with E-state index in [-0.39, 0.29) is 11.9 Å². The van der Waals surface area contributed by atoms with Crippen LogP contribution in [0, 0.1) is 0 Å². The Hall–Kier alpha value is -2.29. The topological polar surface area (TPSA) is 23.6 Å². The van der Waals surface area contributed by atoms with Gasteiger partial charge in [0.2, 0.25) is 5.91 Å². The summed E-state index contributed by atoms with van der Waals surface area (Å²) in [7, 11) is 0. The van der Waals surface area contributed by atoms with E-state index in [0.717, 1.165) is 19.4 Å². The molecule has 0 spiro atoms. The molecule has 3 rings (SSSR count). The van der Waals surface area contributed by atoms with Crippen LogP contribution < -0.4 is 4.90 Å². The monoisotopic (exact) mass is 322 g/mol. The third-order valence-corrected chi connectivity index (χ3v) is 4.67. The average Bonchev–Trinajstić information content (AvgIpc) is 2.60. The van der Waals surface area contributed by atoms with Crippen molar-refractivity contribution in [1.82, 2.24) is 4.90 Å². The van der Waals surface area contributed by atoms with Crippen LogP contribution in [0.25, 0.3) is 0 Å². The number of fused-ring (bicyclic) bond motifs is 1. The van der Waals surface area contributed by atoms with Crippen LogP contribution >= 0.6 is 0 Å². The third-order valence-electron chi connectivity index (χ3n) is 4.67. The zero-order chi connectivity index (χ0) is 16.9. The van der Waals surface area contributed by atoms with Crippen molar-refractivity contribution in [3.8, 4) is 0 Å². The molecule has 0 aromatic heterocycles. The van der Waals surface area contributed by atoms with Crippen molar-refractivity contribution in [1.29, 1.82) is 0 Å². The SMILES string of the molecule is CC(C)N(Cc1ccccc1)C(=O)CN1CCCc2ccccc21. The van der Waals surface area contributed by atoms with E-state index < -0.39 is 0 Å². The Kier molecular flexibility index (Phi) is 5.19. The second kappa shape index (κ2) is 7.52. The van der Waals surface area contributed by atoms with E-state index in [9.17, 15) is 4.79 Å². The van der Waals surface area contributed by atoms with Crippen LogP contribution in [0.4, 0.5) is 5.69 Å². The van der Waals surface area contributed by atoms with E-state index in [4.69, 9.17) is 0 Å². The molecule has 0 aliphatic carbocycles. The molecule has 24 heavy (non-hydrogen) atoms. The fourth-order valence-corrected chi connectivity index (χ4v) is 3.37. The van der Waals surface area contributed by atoms with Gasteiger partial charge in [-0.3, -0.25) is 4.79 Å². The predicted molar refractivity (Wildman–Crippen MR) is 99.1 cm³/mol. The molecule has 0 radical (unpaired) electrons. The van der Waals surface area contributed by atoms with Crippen molar-refractivity contribution in [3.63, 3.8) is 0 Å². The Morgan fingerprint density at radius 2 is 1.79 bits per heavy atom. The molecular weight excluding hydrogens is 296 g/mol. The highest BCUT2D eigenvalue weighted by atomic mass is 16.2. The van der Waals surface area contributed by atoms with Crippen LogP contribution in [0.15, 0.2) is 54.6 Å². The molecule has 0 atom stereocenters. The fourth-order valence-electron chi connectivity index (χ4n) is 3.37. The second-order valence-electron chi connectivity index (χ2n) is 6.75. The summed E-state index contributed by atoms with van der Waals surface area (Å²) >= 11 is 0. The lowest BCUT2D eigenvalue weighted by molar-refractivity contribution is -0.132. The maximum Gasteiger partial charge on any atom is 0.242 e. The summed E-state index contributed by atoms with van der Waals surface area (Å²) in [4.78, 5) is 17.2. The van der Waals surface area contributed by atoms with Gasteiger partial charge in [0, 0.05) is 24.8 Å². The van der Waals surface area contributed by atoms with Gasteiger partial charge in [-0.15, -0.1) is 0 Å². The van der Waals surface area contributed by atoms with E-state index >= 15 is 0 Å². The maximum absolute atomic E-state index is 13.0. The summed E-state index contributed by atoms with van der Waals surface area (Å²) < 4.78 is 0. The minimum atomic E-state index is 0.192. The van der Waals surface area contributed by atoms with Crippen molar-refractivity contribution < 1.29 is 4.79 Å². The first-order valence-electron chi connectivity index (χ1n) is 8.81. The largest absolute Gasteiger partial charge is 0.362 e. The number of hydrogen-bond donors (Lipinski definition) is 0. The lowest BCUT2D eigenvalue weighted by Crippen LogP contribution is -2.44. The molecule has 0 bridgehead atoms. The van der Waals surface area contributed by atoms with Crippen LogP contribution in [0.3, 0.4) is 0 Å². The lowest BCUT2D eigenvalue weighted by Gasteiger charge is -2.34. The third kappa shape index (κ3) is 3.78. The number of benzene rings is 2. The molecule has 1 aliphatic heterocycles. The highest BCUT2D eigenvalue weighted by molar-refractivity contribution is 5.82. The summed E-state index contributed by atoms with van der Waals surface area (Å²) in [6.07, 6.45) is 2.23. The first kappa shape index (κ1) is 16.6. The first-order valence-corrected chi connectivity index (χ1v) is 8.81. The molecule has 2 aromatic rings. The number of carbonyl (C=O) groups is 1. The highest BCUT2D eigenvalue weighted by Crippen LogP contribution is 2.26. The quantitative estimate of drug-likeness (QED) is 0.834. The molecule has 1 amide bonds. The number of rotatable bonds is 5. The zero-order valence-electron chi connectivity index (χ0n) is 14.6. The van der Waals surface area contributed by atoms with Gasteiger partial charge in [-0.2, -0.15) is 0 Å². The number of aryl methyl sites for hydroxylation is 1. The van der Waals surface area contributed by atoms with Crippen molar-refractivity contribution in [2.24, 2.45) is 0 Å². The van der Waals surface area contributed by atoms with Gasteiger partial charge in [0.05, 0.1) is 6.54 Å². The second-order valence-corrected chi connectivity index (χ2v) is 6.75. The minimum absolute atomic E-state index is 0.192. The maximum atomic E-state index is 13.0. The van der Waals surface area contributed by atoms with Gasteiger partial charge in [-0.1, -0.05) is 48.5 Å². The van der Waals surface area contributed by atoms with Gasteiger partial charge in [0.15, 0.2) is 0 Å². The van der Waals surface area contributed by atoms with E-state index in [2.05, 4.69) is 55.1 Å². The lowest BCUT2D eigenvalue weighted by atomic mass is 10.0. The number of anilines is 1.